The zero-order chi connectivity index (χ0) is 16.0. The number of hydrogen-bond acceptors (Lipinski definition) is 4. The normalized spacial score (nSPS) is 12.7. The van der Waals surface area contributed by atoms with Crippen LogP contribution >= 0.6 is 11.6 Å². The van der Waals surface area contributed by atoms with Crippen LogP contribution in [-0.4, -0.2) is 30.8 Å². The van der Waals surface area contributed by atoms with Crippen LogP contribution in [0.25, 0.3) is 0 Å². The highest BCUT2D eigenvalue weighted by Crippen LogP contribution is 2.22. The van der Waals surface area contributed by atoms with Crippen molar-refractivity contribution >= 4 is 23.4 Å². The Morgan fingerprint density at radius 1 is 1.48 bits per heavy atom. The lowest BCUT2D eigenvalue weighted by Crippen LogP contribution is -2.42. The topological polar surface area (TPSA) is 76.4 Å². The molecule has 0 fully saturated rings. The number of nitrogens with one attached hydrogen (secondary N) is 2. The van der Waals surface area contributed by atoms with E-state index in [1.54, 1.807) is 20.8 Å². The van der Waals surface area contributed by atoms with Crippen LogP contribution in [0.15, 0.2) is 18.2 Å². The molecule has 118 valence electrons. The van der Waals surface area contributed by atoms with Gasteiger partial charge >= 0.3 is 6.09 Å². The number of alkyl carbamates (subject to hydrolysis) is 1. The number of carbonyl (C=O) groups excluding carboxylic acids is 1. The SMILES string of the molecule is CC(C)(C)OC(=O)NCC(CN)Nc1cc(F)ccc1Cl. The first-order valence-corrected chi connectivity index (χ1v) is 6.97. The molecule has 0 radical (unpaired) electrons. The summed E-state index contributed by atoms with van der Waals surface area (Å²) in [6.45, 7) is 5.80. The number of benzene rings is 1. The molecule has 1 aromatic rings. The van der Waals surface area contributed by atoms with Crippen molar-refractivity contribution < 1.29 is 13.9 Å². The van der Waals surface area contributed by atoms with Crippen LogP contribution in [0.2, 0.25) is 5.02 Å². The van der Waals surface area contributed by atoms with Crippen LogP contribution in [0.5, 0.6) is 0 Å². The molecule has 5 nitrogen and oxygen atoms in total. The van der Waals surface area contributed by atoms with E-state index in [4.69, 9.17) is 22.1 Å². The smallest absolute Gasteiger partial charge is 0.407 e. The van der Waals surface area contributed by atoms with Crippen LogP contribution in [0.4, 0.5) is 14.9 Å². The second-order valence-electron chi connectivity index (χ2n) is 5.58. The van der Waals surface area contributed by atoms with Crippen molar-refractivity contribution in [1.82, 2.24) is 5.32 Å². The molecule has 0 bridgehead atoms. The first-order valence-electron chi connectivity index (χ1n) is 6.60. The van der Waals surface area contributed by atoms with Gasteiger partial charge in [-0.2, -0.15) is 0 Å². The molecule has 0 spiro atoms. The van der Waals surface area contributed by atoms with Gasteiger partial charge in [-0.15, -0.1) is 0 Å². The molecule has 1 aromatic carbocycles. The summed E-state index contributed by atoms with van der Waals surface area (Å²) in [6.07, 6.45) is -0.534. The van der Waals surface area contributed by atoms with Crippen molar-refractivity contribution in [3.63, 3.8) is 0 Å². The molecule has 4 N–H and O–H groups in total. The summed E-state index contributed by atoms with van der Waals surface area (Å²) in [7, 11) is 0. The molecule has 0 saturated heterocycles. The summed E-state index contributed by atoms with van der Waals surface area (Å²) in [6, 6.07) is 3.70. The van der Waals surface area contributed by atoms with E-state index in [-0.39, 0.29) is 19.1 Å². The van der Waals surface area contributed by atoms with Gasteiger partial charge in [0, 0.05) is 13.1 Å². The number of ether oxygens (including phenoxy) is 1. The van der Waals surface area contributed by atoms with Crippen LogP contribution < -0.4 is 16.4 Å². The van der Waals surface area contributed by atoms with Gasteiger partial charge in [-0.3, -0.25) is 0 Å². The van der Waals surface area contributed by atoms with Gasteiger partial charge in [0.05, 0.1) is 16.8 Å². The third-order valence-electron chi connectivity index (χ3n) is 2.46. The van der Waals surface area contributed by atoms with Gasteiger partial charge in [0.2, 0.25) is 0 Å². The molecule has 1 rings (SSSR count). The van der Waals surface area contributed by atoms with Crippen LogP contribution in [0, 0.1) is 5.82 Å². The molecule has 0 aromatic heterocycles. The zero-order valence-electron chi connectivity index (χ0n) is 12.4. The second kappa shape index (κ2) is 7.47. The van der Waals surface area contributed by atoms with Gasteiger partial charge in [-0.1, -0.05) is 11.6 Å². The van der Waals surface area contributed by atoms with E-state index >= 15 is 0 Å². The van der Waals surface area contributed by atoms with E-state index in [0.717, 1.165) is 0 Å². The lowest BCUT2D eigenvalue weighted by Gasteiger charge is -2.22. The molecule has 1 unspecified atom stereocenters. The lowest BCUT2D eigenvalue weighted by molar-refractivity contribution is 0.0526. The molecular weight excluding hydrogens is 297 g/mol. The van der Waals surface area contributed by atoms with Gasteiger partial charge < -0.3 is 21.1 Å². The Hall–Kier alpha value is -1.53. The third kappa shape index (κ3) is 6.64. The van der Waals surface area contributed by atoms with Crippen LogP contribution in [0.1, 0.15) is 20.8 Å². The summed E-state index contributed by atoms with van der Waals surface area (Å²) in [5.41, 5.74) is 5.49. The number of amides is 1. The highest BCUT2D eigenvalue weighted by atomic mass is 35.5. The van der Waals surface area contributed by atoms with Crippen molar-refractivity contribution in [2.75, 3.05) is 18.4 Å². The number of rotatable bonds is 5. The lowest BCUT2D eigenvalue weighted by atomic mass is 10.2. The fourth-order valence-electron chi connectivity index (χ4n) is 1.54. The Bertz CT molecular complexity index is 492. The van der Waals surface area contributed by atoms with E-state index in [0.29, 0.717) is 10.7 Å². The molecule has 1 atom stereocenters. The monoisotopic (exact) mass is 317 g/mol. The Labute approximate surface area is 129 Å². The molecule has 0 heterocycles. The highest BCUT2D eigenvalue weighted by Gasteiger charge is 2.17. The van der Waals surface area contributed by atoms with Gasteiger partial charge in [-0.05, 0) is 39.0 Å². The summed E-state index contributed by atoms with van der Waals surface area (Å²) in [5.74, 6) is -0.405. The largest absolute Gasteiger partial charge is 0.444 e. The van der Waals surface area contributed by atoms with Crippen LogP contribution in [-0.2, 0) is 4.74 Å². The first-order chi connectivity index (χ1) is 9.71. The van der Waals surface area contributed by atoms with Gasteiger partial charge in [0.1, 0.15) is 11.4 Å². The minimum Gasteiger partial charge on any atom is -0.444 e. The minimum atomic E-state index is -0.568. The maximum absolute atomic E-state index is 13.2. The average Bonchev–Trinajstić information content (AvgIpc) is 2.36. The maximum atomic E-state index is 13.2. The van der Waals surface area contributed by atoms with Crippen LogP contribution in [0.3, 0.4) is 0 Å². The summed E-state index contributed by atoms with van der Waals surface area (Å²) < 4.78 is 18.3. The van der Waals surface area contributed by atoms with Gasteiger partial charge in [0.15, 0.2) is 0 Å². The number of nitrogens with two attached hydrogens (primary N) is 1. The van der Waals surface area contributed by atoms with Gasteiger partial charge in [-0.25, -0.2) is 9.18 Å². The van der Waals surface area contributed by atoms with Crippen molar-refractivity contribution in [3.8, 4) is 0 Å². The average molecular weight is 318 g/mol. The Balaban J connectivity index is 2.56. The summed E-state index contributed by atoms with van der Waals surface area (Å²) in [5, 5.41) is 5.97. The molecule has 1 amide bonds. The highest BCUT2D eigenvalue weighted by molar-refractivity contribution is 6.33. The predicted molar refractivity (Wildman–Crippen MR) is 82.1 cm³/mol. The second-order valence-corrected chi connectivity index (χ2v) is 5.99. The summed E-state index contributed by atoms with van der Waals surface area (Å²) in [4.78, 5) is 11.6. The quantitative estimate of drug-likeness (QED) is 0.780. The van der Waals surface area contributed by atoms with E-state index in [1.807, 2.05) is 0 Å². The molecule has 7 heteroatoms. The maximum Gasteiger partial charge on any atom is 0.407 e. The fraction of sp³-hybridized carbons (Fsp3) is 0.500. The minimum absolute atomic E-state index is 0.234. The fourth-order valence-corrected chi connectivity index (χ4v) is 1.71. The number of anilines is 1. The van der Waals surface area contributed by atoms with Crippen molar-refractivity contribution in [3.05, 3.63) is 29.0 Å². The zero-order valence-corrected chi connectivity index (χ0v) is 13.1. The van der Waals surface area contributed by atoms with Crippen molar-refractivity contribution in [2.45, 2.75) is 32.4 Å². The predicted octanol–water partition coefficient (Wildman–Crippen LogP) is 2.74. The Morgan fingerprint density at radius 2 is 2.14 bits per heavy atom. The molecule has 21 heavy (non-hydrogen) atoms. The third-order valence-corrected chi connectivity index (χ3v) is 2.79. The van der Waals surface area contributed by atoms with E-state index in [2.05, 4.69) is 10.6 Å². The Morgan fingerprint density at radius 3 is 2.71 bits per heavy atom. The molecule has 0 aliphatic carbocycles. The van der Waals surface area contributed by atoms with E-state index < -0.39 is 17.5 Å². The van der Waals surface area contributed by atoms with Crippen molar-refractivity contribution in [2.24, 2.45) is 5.73 Å². The van der Waals surface area contributed by atoms with Crippen molar-refractivity contribution in [1.29, 1.82) is 0 Å². The molecule has 0 saturated carbocycles. The molecular formula is C14H21ClFN3O2. The molecule has 0 aliphatic rings. The molecule has 0 aliphatic heterocycles. The first kappa shape index (κ1) is 17.5. The van der Waals surface area contributed by atoms with E-state index in [1.165, 1.54) is 18.2 Å². The summed E-state index contributed by atoms with van der Waals surface area (Å²) >= 11 is 5.97. The Kier molecular flexibility index (Phi) is 6.23. The number of carbonyl (C=O) groups is 1. The standard InChI is InChI=1S/C14H21ClFN3O2/c1-14(2,3)21-13(20)18-8-10(7-17)19-12-6-9(16)4-5-11(12)15/h4-6,10,19H,7-8,17H2,1-3H3,(H,18,20). The van der Waals surface area contributed by atoms with E-state index in [9.17, 15) is 9.18 Å². The number of hydrogen-bond donors (Lipinski definition) is 3. The number of halogens is 2. The van der Waals surface area contributed by atoms with Gasteiger partial charge in [0.25, 0.3) is 0 Å².